The summed E-state index contributed by atoms with van der Waals surface area (Å²) in [7, 11) is -3.47. The lowest BCUT2D eigenvalue weighted by atomic mass is 10.0. The minimum atomic E-state index is -3.47. The molecule has 3 heterocycles. The standard InChI is InChI=1S/C27H26N4O3S/c32-27(24-17-26(21-7-6-14-28-19-21)30-25-9-3-2-8-23(24)25)29-18-20-10-12-22(13-11-20)35(33,34)31-15-4-1-5-16-31/h2-3,6-14,17,19H,1,4-5,15-16,18H2,(H,29,32). The maximum Gasteiger partial charge on any atom is 0.252 e. The minimum Gasteiger partial charge on any atom is -0.348 e. The highest BCUT2D eigenvalue weighted by Gasteiger charge is 2.25. The van der Waals surface area contributed by atoms with Gasteiger partial charge < -0.3 is 5.32 Å². The molecular formula is C27H26N4O3S. The number of amides is 1. The highest BCUT2D eigenvalue weighted by atomic mass is 32.2. The first-order valence-corrected chi connectivity index (χ1v) is 13.1. The minimum absolute atomic E-state index is 0.223. The first-order chi connectivity index (χ1) is 17.0. The van der Waals surface area contributed by atoms with Gasteiger partial charge in [-0.25, -0.2) is 13.4 Å². The molecule has 178 valence electrons. The normalized spacial score (nSPS) is 14.6. The number of hydrogen-bond acceptors (Lipinski definition) is 5. The van der Waals surface area contributed by atoms with Crippen LogP contribution in [-0.4, -0.2) is 41.7 Å². The molecule has 1 amide bonds. The van der Waals surface area contributed by atoms with Crippen molar-refractivity contribution in [1.82, 2.24) is 19.6 Å². The van der Waals surface area contributed by atoms with Crippen molar-refractivity contribution in [3.8, 4) is 11.3 Å². The molecular weight excluding hydrogens is 460 g/mol. The Morgan fingerprint density at radius 3 is 2.46 bits per heavy atom. The molecule has 0 radical (unpaired) electrons. The molecule has 35 heavy (non-hydrogen) atoms. The van der Waals surface area contributed by atoms with Gasteiger partial charge in [-0.1, -0.05) is 36.8 Å². The Bertz CT molecular complexity index is 1450. The van der Waals surface area contributed by atoms with E-state index in [1.165, 1.54) is 0 Å². The van der Waals surface area contributed by atoms with Crippen LogP contribution in [0.1, 0.15) is 35.2 Å². The summed E-state index contributed by atoms with van der Waals surface area (Å²) in [4.78, 5) is 22.3. The van der Waals surface area contributed by atoms with Gasteiger partial charge in [0.1, 0.15) is 0 Å². The van der Waals surface area contributed by atoms with E-state index < -0.39 is 10.0 Å². The molecule has 1 saturated heterocycles. The molecule has 1 aliphatic rings. The van der Waals surface area contributed by atoms with E-state index in [-0.39, 0.29) is 17.3 Å². The molecule has 0 atom stereocenters. The zero-order chi connectivity index (χ0) is 24.3. The fraction of sp³-hybridized carbons (Fsp3) is 0.222. The molecule has 1 fully saturated rings. The van der Waals surface area contributed by atoms with Crippen molar-refractivity contribution < 1.29 is 13.2 Å². The van der Waals surface area contributed by atoms with Crippen LogP contribution in [0.4, 0.5) is 0 Å². The number of sulfonamides is 1. The summed E-state index contributed by atoms with van der Waals surface area (Å²) < 4.78 is 27.3. The first-order valence-electron chi connectivity index (χ1n) is 11.7. The van der Waals surface area contributed by atoms with Crippen LogP contribution in [0.3, 0.4) is 0 Å². The number of carbonyl (C=O) groups excluding carboxylic acids is 1. The molecule has 0 aliphatic carbocycles. The number of rotatable bonds is 6. The second kappa shape index (κ2) is 9.93. The van der Waals surface area contributed by atoms with Crippen LogP contribution in [0.5, 0.6) is 0 Å². The maximum atomic E-state index is 13.2. The van der Waals surface area contributed by atoms with E-state index in [0.29, 0.717) is 24.3 Å². The van der Waals surface area contributed by atoms with Crippen molar-refractivity contribution in [2.24, 2.45) is 0 Å². The van der Waals surface area contributed by atoms with Gasteiger partial charge in [-0.05, 0) is 54.8 Å². The van der Waals surface area contributed by atoms with Crippen molar-refractivity contribution in [1.29, 1.82) is 0 Å². The zero-order valence-corrected chi connectivity index (χ0v) is 20.0. The molecule has 7 nitrogen and oxygen atoms in total. The van der Waals surface area contributed by atoms with Crippen LogP contribution in [-0.2, 0) is 16.6 Å². The molecule has 0 spiro atoms. The number of aromatic nitrogens is 2. The van der Waals surface area contributed by atoms with E-state index in [1.807, 2.05) is 36.4 Å². The Morgan fingerprint density at radius 2 is 1.71 bits per heavy atom. The van der Waals surface area contributed by atoms with Crippen LogP contribution < -0.4 is 5.32 Å². The SMILES string of the molecule is O=C(NCc1ccc(S(=O)(=O)N2CCCCC2)cc1)c1cc(-c2cccnc2)nc2ccccc12. The smallest absolute Gasteiger partial charge is 0.252 e. The number of carbonyl (C=O) groups is 1. The molecule has 0 bridgehead atoms. The van der Waals surface area contributed by atoms with E-state index in [9.17, 15) is 13.2 Å². The van der Waals surface area contributed by atoms with Gasteiger partial charge >= 0.3 is 0 Å². The average Bonchev–Trinajstić information content (AvgIpc) is 2.92. The molecule has 4 aromatic rings. The Balaban J connectivity index is 1.34. The van der Waals surface area contributed by atoms with E-state index in [0.717, 1.165) is 41.3 Å². The summed E-state index contributed by atoms with van der Waals surface area (Å²) in [6.07, 6.45) is 6.28. The number of pyridine rings is 2. The highest BCUT2D eigenvalue weighted by Crippen LogP contribution is 2.25. The molecule has 2 aromatic carbocycles. The largest absolute Gasteiger partial charge is 0.348 e. The van der Waals surface area contributed by atoms with Gasteiger partial charge in [0.15, 0.2) is 0 Å². The monoisotopic (exact) mass is 486 g/mol. The summed E-state index contributed by atoms with van der Waals surface area (Å²) in [6, 6.07) is 19.8. The predicted octanol–water partition coefficient (Wildman–Crippen LogP) is 4.40. The molecule has 1 N–H and O–H groups in total. The molecule has 0 saturated carbocycles. The van der Waals surface area contributed by atoms with Crippen molar-refractivity contribution in [3.63, 3.8) is 0 Å². The van der Waals surface area contributed by atoms with Crippen molar-refractivity contribution >= 4 is 26.8 Å². The zero-order valence-electron chi connectivity index (χ0n) is 19.2. The van der Waals surface area contributed by atoms with Crippen LogP contribution in [0.25, 0.3) is 22.2 Å². The predicted molar refractivity (Wildman–Crippen MR) is 135 cm³/mol. The fourth-order valence-electron chi connectivity index (χ4n) is 4.34. The lowest BCUT2D eigenvalue weighted by molar-refractivity contribution is 0.0952. The van der Waals surface area contributed by atoms with Gasteiger partial charge in [-0.2, -0.15) is 4.31 Å². The molecule has 2 aromatic heterocycles. The lowest BCUT2D eigenvalue weighted by Crippen LogP contribution is -2.35. The van der Waals surface area contributed by atoms with E-state index >= 15 is 0 Å². The number of piperidine rings is 1. The van der Waals surface area contributed by atoms with Gasteiger partial charge in [0.2, 0.25) is 10.0 Å². The third kappa shape index (κ3) is 4.94. The number of benzene rings is 2. The number of nitrogens with zero attached hydrogens (tertiary/aromatic N) is 3. The maximum absolute atomic E-state index is 13.2. The molecule has 5 rings (SSSR count). The first kappa shape index (κ1) is 23.1. The second-order valence-corrected chi connectivity index (χ2v) is 10.5. The Kier molecular flexibility index (Phi) is 6.57. The second-order valence-electron chi connectivity index (χ2n) is 8.61. The fourth-order valence-corrected chi connectivity index (χ4v) is 5.85. The summed E-state index contributed by atoms with van der Waals surface area (Å²) in [6.45, 7) is 1.42. The average molecular weight is 487 g/mol. The van der Waals surface area contributed by atoms with Gasteiger partial charge in [0, 0.05) is 43.0 Å². The van der Waals surface area contributed by atoms with E-state index in [2.05, 4.69) is 10.3 Å². The molecule has 8 heteroatoms. The highest BCUT2D eigenvalue weighted by molar-refractivity contribution is 7.89. The van der Waals surface area contributed by atoms with Crippen LogP contribution in [0.15, 0.2) is 84.0 Å². The number of para-hydroxylation sites is 1. The molecule has 1 aliphatic heterocycles. The van der Waals surface area contributed by atoms with Crippen molar-refractivity contribution in [3.05, 3.63) is 90.3 Å². The number of fused-ring (bicyclic) bond motifs is 1. The van der Waals surface area contributed by atoms with Gasteiger partial charge in [-0.15, -0.1) is 0 Å². The van der Waals surface area contributed by atoms with E-state index in [4.69, 9.17) is 4.98 Å². The topological polar surface area (TPSA) is 92.3 Å². The lowest BCUT2D eigenvalue weighted by Gasteiger charge is -2.25. The van der Waals surface area contributed by atoms with E-state index in [1.54, 1.807) is 47.0 Å². The summed E-state index contributed by atoms with van der Waals surface area (Å²) in [5.74, 6) is -0.223. The van der Waals surface area contributed by atoms with Crippen LogP contribution in [0.2, 0.25) is 0 Å². The van der Waals surface area contributed by atoms with Crippen molar-refractivity contribution in [2.45, 2.75) is 30.7 Å². The third-order valence-corrected chi connectivity index (χ3v) is 8.16. The van der Waals surface area contributed by atoms with Gasteiger partial charge in [0.05, 0.1) is 21.7 Å². The third-order valence-electron chi connectivity index (χ3n) is 6.25. The summed E-state index contributed by atoms with van der Waals surface area (Å²) in [5.41, 5.74) is 3.58. The Hall–Kier alpha value is -3.62. The number of hydrogen-bond donors (Lipinski definition) is 1. The Labute approximate surface area is 204 Å². The number of nitrogens with one attached hydrogen (secondary N) is 1. The van der Waals surface area contributed by atoms with Crippen molar-refractivity contribution in [2.75, 3.05) is 13.1 Å². The van der Waals surface area contributed by atoms with Crippen LogP contribution >= 0.6 is 0 Å². The van der Waals surface area contributed by atoms with Gasteiger partial charge in [-0.3, -0.25) is 9.78 Å². The summed E-state index contributed by atoms with van der Waals surface area (Å²) >= 11 is 0. The molecule has 0 unspecified atom stereocenters. The quantitative estimate of drug-likeness (QED) is 0.436. The summed E-state index contributed by atoms with van der Waals surface area (Å²) in [5, 5.41) is 3.73. The van der Waals surface area contributed by atoms with Gasteiger partial charge in [0.25, 0.3) is 5.91 Å². The van der Waals surface area contributed by atoms with Crippen LogP contribution in [0, 0.1) is 0 Å². The Morgan fingerprint density at radius 1 is 0.943 bits per heavy atom.